The maximum Gasteiger partial charge on any atom is 0.202 e. The fourth-order valence-corrected chi connectivity index (χ4v) is 3.79. The second-order valence-corrected chi connectivity index (χ2v) is 7.79. The molecule has 6 nitrogen and oxygen atoms in total. The van der Waals surface area contributed by atoms with Gasteiger partial charge in [0.1, 0.15) is 23.4 Å². The first-order valence-electron chi connectivity index (χ1n) is 10.3. The molecule has 2 aliphatic heterocycles. The van der Waals surface area contributed by atoms with Crippen molar-refractivity contribution in [3.63, 3.8) is 0 Å². The molecule has 4 atom stereocenters. The molecule has 2 aliphatic rings. The Hall–Kier alpha value is -2.19. The van der Waals surface area contributed by atoms with E-state index >= 15 is 0 Å². The third-order valence-electron chi connectivity index (χ3n) is 5.34. The van der Waals surface area contributed by atoms with Crippen molar-refractivity contribution in [3.8, 4) is 11.5 Å². The van der Waals surface area contributed by atoms with Crippen LogP contribution in [-0.4, -0.2) is 54.6 Å². The number of hydrogen-bond donors (Lipinski definition) is 2. The molecule has 0 saturated carbocycles. The van der Waals surface area contributed by atoms with Crippen LogP contribution in [0.1, 0.15) is 30.4 Å². The number of halogens is 1. The molecule has 0 bridgehead atoms. The highest BCUT2D eigenvalue weighted by Crippen LogP contribution is 2.28. The van der Waals surface area contributed by atoms with E-state index in [1.54, 1.807) is 6.07 Å². The van der Waals surface area contributed by atoms with Crippen LogP contribution in [0.15, 0.2) is 42.5 Å². The van der Waals surface area contributed by atoms with Crippen LogP contribution in [0.3, 0.4) is 0 Å². The molecule has 0 aromatic heterocycles. The predicted molar refractivity (Wildman–Crippen MR) is 107 cm³/mol. The zero-order valence-corrected chi connectivity index (χ0v) is 16.7. The van der Waals surface area contributed by atoms with Crippen molar-refractivity contribution < 1.29 is 33.6 Å². The van der Waals surface area contributed by atoms with E-state index in [1.807, 2.05) is 24.3 Å². The van der Waals surface area contributed by atoms with Gasteiger partial charge < -0.3 is 29.2 Å². The lowest BCUT2D eigenvalue weighted by atomic mass is 10.0. The minimum absolute atomic E-state index is 0.0904. The van der Waals surface area contributed by atoms with Crippen LogP contribution in [0.5, 0.6) is 11.5 Å². The quantitative estimate of drug-likeness (QED) is 0.720. The average molecular weight is 418 g/mol. The molecule has 7 heteroatoms. The van der Waals surface area contributed by atoms with Gasteiger partial charge in [-0.05, 0) is 35.9 Å². The van der Waals surface area contributed by atoms with E-state index in [2.05, 4.69) is 0 Å². The Kier molecular flexibility index (Phi) is 6.84. The first-order valence-corrected chi connectivity index (χ1v) is 10.3. The van der Waals surface area contributed by atoms with Crippen LogP contribution in [-0.2, 0) is 15.9 Å². The third-order valence-corrected chi connectivity index (χ3v) is 5.34. The number of aliphatic hydroxyl groups excluding tert-OH is 2. The number of hydrogen-bond acceptors (Lipinski definition) is 6. The van der Waals surface area contributed by atoms with Gasteiger partial charge in [-0.3, -0.25) is 0 Å². The topological polar surface area (TPSA) is 77.4 Å². The Bertz CT molecular complexity index is 821. The molecule has 30 heavy (non-hydrogen) atoms. The second kappa shape index (κ2) is 9.75. The van der Waals surface area contributed by atoms with E-state index in [9.17, 15) is 14.6 Å². The van der Waals surface area contributed by atoms with Gasteiger partial charge in [0.2, 0.25) is 6.29 Å². The monoisotopic (exact) mass is 418 g/mol. The summed E-state index contributed by atoms with van der Waals surface area (Å²) in [5.41, 5.74) is 1.66. The van der Waals surface area contributed by atoms with E-state index < -0.39 is 18.5 Å². The normalized spacial score (nSPS) is 26.5. The van der Waals surface area contributed by atoms with Gasteiger partial charge in [-0.25, -0.2) is 4.39 Å². The third kappa shape index (κ3) is 5.49. The summed E-state index contributed by atoms with van der Waals surface area (Å²) in [4.78, 5) is 0. The van der Waals surface area contributed by atoms with Crippen molar-refractivity contribution in [2.24, 2.45) is 0 Å². The van der Waals surface area contributed by atoms with Gasteiger partial charge in [0, 0.05) is 31.2 Å². The van der Waals surface area contributed by atoms with Crippen LogP contribution in [0.2, 0.25) is 0 Å². The molecule has 2 aromatic rings. The summed E-state index contributed by atoms with van der Waals surface area (Å²) >= 11 is 0. The van der Waals surface area contributed by atoms with Crippen LogP contribution in [0.4, 0.5) is 4.39 Å². The molecule has 2 saturated heterocycles. The van der Waals surface area contributed by atoms with Gasteiger partial charge in [-0.2, -0.15) is 0 Å². The molecule has 0 aliphatic carbocycles. The van der Waals surface area contributed by atoms with E-state index in [-0.39, 0.29) is 18.5 Å². The van der Waals surface area contributed by atoms with Crippen molar-refractivity contribution in [1.29, 1.82) is 0 Å². The molecule has 4 rings (SSSR count). The zero-order valence-electron chi connectivity index (χ0n) is 16.7. The largest absolute Gasteiger partial charge is 0.488 e. The zero-order chi connectivity index (χ0) is 20.9. The highest BCUT2D eigenvalue weighted by atomic mass is 19.1. The maximum absolute atomic E-state index is 13.9. The highest BCUT2D eigenvalue weighted by Gasteiger charge is 2.29. The summed E-state index contributed by atoms with van der Waals surface area (Å²) < 4.78 is 36.7. The summed E-state index contributed by atoms with van der Waals surface area (Å²) in [7, 11) is 0. The first-order chi connectivity index (χ1) is 14.6. The lowest BCUT2D eigenvalue weighted by molar-refractivity contribution is -0.184. The second-order valence-electron chi connectivity index (χ2n) is 7.79. The summed E-state index contributed by atoms with van der Waals surface area (Å²) in [5, 5.41) is 19.3. The summed E-state index contributed by atoms with van der Waals surface area (Å²) in [5.74, 6) is 0.927. The average Bonchev–Trinajstić information content (AvgIpc) is 3.24. The lowest BCUT2D eigenvalue weighted by Gasteiger charge is -2.32. The molecule has 2 aromatic carbocycles. The Morgan fingerprint density at radius 2 is 1.90 bits per heavy atom. The minimum Gasteiger partial charge on any atom is -0.488 e. The molecule has 2 N–H and O–H groups in total. The van der Waals surface area contributed by atoms with Gasteiger partial charge in [-0.1, -0.05) is 12.1 Å². The number of rotatable bonds is 7. The van der Waals surface area contributed by atoms with Gasteiger partial charge >= 0.3 is 0 Å². The van der Waals surface area contributed by atoms with Crippen molar-refractivity contribution in [1.82, 2.24) is 0 Å². The van der Waals surface area contributed by atoms with Gasteiger partial charge in [0.05, 0.1) is 32.0 Å². The predicted octanol–water partition coefficient (Wildman–Crippen LogP) is 2.82. The summed E-state index contributed by atoms with van der Waals surface area (Å²) in [6.07, 6.45) is 0.341. The highest BCUT2D eigenvalue weighted by molar-refractivity contribution is 5.39. The lowest BCUT2D eigenvalue weighted by Crippen LogP contribution is -2.40. The summed E-state index contributed by atoms with van der Waals surface area (Å²) in [6.45, 7) is 1.15. The van der Waals surface area contributed by atoms with E-state index in [0.717, 1.165) is 24.3 Å². The van der Waals surface area contributed by atoms with Crippen molar-refractivity contribution in [2.75, 3.05) is 19.8 Å². The van der Waals surface area contributed by atoms with E-state index in [4.69, 9.17) is 18.9 Å². The van der Waals surface area contributed by atoms with Crippen LogP contribution >= 0.6 is 0 Å². The molecule has 162 valence electrons. The molecule has 4 unspecified atom stereocenters. The fourth-order valence-electron chi connectivity index (χ4n) is 3.79. The Balaban J connectivity index is 1.44. The molecular formula is C23H27FO6. The van der Waals surface area contributed by atoms with Crippen molar-refractivity contribution in [2.45, 2.75) is 50.3 Å². The Labute approximate surface area is 175 Å². The maximum atomic E-state index is 13.9. The van der Waals surface area contributed by atoms with E-state index in [0.29, 0.717) is 37.2 Å². The minimum atomic E-state index is -0.695. The van der Waals surface area contributed by atoms with E-state index in [1.165, 1.54) is 12.1 Å². The molecule has 0 spiro atoms. The van der Waals surface area contributed by atoms with Crippen molar-refractivity contribution in [3.05, 3.63) is 59.4 Å². The molecule has 0 amide bonds. The fraction of sp³-hybridized carbons (Fsp3) is 0.478. The SMILES string of the molecule is OCC1CC(O)CC(Oc2ccc(F)cc2Cc2ccc(OC3CCOC3)cc2)O1. The molecular weight excluding hydrogens is 391 g/mol. The van der Waals surface area contributed by atoms with Crippen LogP contribution in [0.25, 0.3) is 0 Å². The molecule has 2 heterocycles. The molecule has 0 radical (unpaired) electrons. The number of benzene rings is 2. The van der Waals surface area contributed by atoms with Gasteiger partial charge in [-0.15, -0.1) is 0 Å². The Morgan fingerprint density at radius 3 is 2.63 bits per heavy atom. The Morgan fingerprint density at radius 1 is 1.07 bits per heavy atom. The van der Waals surface area contributed by atoms with Gasteiger partial charge in [0.25, 0.3) is 0 Å². The summed E-state index contributed by atoms with van der Waals surface area (Å²) in [6, 6.07) is 12.0. The van der Waals surface area contributed by atoms with Crippen molar-refractivity contribution >= 4 is 0 Å². The molecule has 2 fully saturated rings. The smallest absolute Gasteiger partial charge is 0.202 e. The van der Waals surface area contributed by atoms with Gasteiger partial charge in [0.15, 0.2) is 0 Å². The standard InChI is InChI=1S/C23H27FO6/c24-17-3-6-22(30-23-12-18(26)11-21(13-25)29-23)16(10-17)9-15-1-4-19(5-2-15)28-20-7-8-27-14-20/h1-6,10,18,20-21,23,25-26H,7-9,11-14H2. The van der Waals surface area contributed by atoms with Crippen LogP contribution in [0, 0.1) is 5.82 Å². The van der Waals surface area contributed by atoms with Crippen LogP contribution < -0.4 is 9.47 Å². The first kappa shape index (κ1) is 21.1. The number of aliphatic hydroxyl groups is 2. The number of ether oxygens (including phenoxy) is 4.